The first kappa shape index (κ1) is 15.7. The Bertz CT molecular complexity index is 751. The van der Waals surface area contributed by atoms with Crippen molar-refractivity contribution in [1.29, 1.82) is 5.26 Å². The fraction of sp³-hybridized carbons (Fsp3) is 0.182. The van der Waals surface area contributed by atoms with E-state index >= 15 is 0 Å². The summed E-state index contributed by atoms with van der Waals surface area (Å²) < 4.78 is 38.5. The van der Waals surface area contributed by atoms with Crippen LogP contribution in [0.25, 0.3) is 0 Å². The summed E-state index contributed by atoms with van der Waals surface area (Å²) in [5, 5.41) is 14.1. The molecule has 22 heavy (non-hydrogen) atoms. The molecule has 2 aromatic heterocycles. The van der Waals surface area contributed by atoms with Gasteiger partial charge in [-0.3, -0.25) is 4.79 Å². The lowest BCUT2D eigenvalue weighted by Gasteiger charge is -2.10. The van der Waals surface area contributed by atoms with Crippen LogP contribution in [0.1, 0.15) is 11.4 Å². The molecule has 1 N–H and O–H groups in total. The molecule has 0 atom stereocenters. The lowest BCUT2D eigenvalue weighted by molar-refractivity contribution is -0.137. The van der Waals surface area contributed by atoms with Crippen LogP contribution in [0.3, 0.4) is 0 Å². The number of hydrogen-bond donors (Lipinski definition) is 1. The molecule has 114 valence electrons. The van der Waals surface area contributed by atoms with E-state index in [1.165, 1.54) is 6.33 Å². The highest BCUT2D eigenvalue weighted by molar-refractivity contribution is 6.33. The number of hydrogen-bond acceptors (Lipinski definition) is 5. The molecule has 2 aromatic rings. The first-order chi connectivity index (χ1) is 10.3. The highest BCUT2D eigenvalue weighted by Gasteiger charge is 2.31. The molecule has 0 aliphatic rings. The molecule has 7 nitrogen and oxygen atoms in total. The van der Waals surface area contributed by atoms with Crippen molar-refractivity contribution in [1.82, 2.24) is 19.7 Å². The van der Waals surface area contributed by atoms with Crippen molar-refractivity contribution in [2.75, 3.05) is 5.32 Å². The maximum absolute atomic E-state index is 12.5. The predicted octanol–water partition coefficient (Wildman–Crippen LogP) is 1.86. The molecule has 2 heterocycles. The Hall–Kier alpha value is -2.67. The van der Waals surface area contributed by atoms with Crippen LogP contribution in [0, 0.1) is 11.3 Å². The molecule has 0 aliphatic heterocycles. The number of halogens is 4. The second kappa shape index (κ2) is 5.98. The van der Waals surface area contributed by atoms with E-state index in [0.717, 1.165) is 4.68 Å². The lowest BCUT2D eigenvalue weighted by atomic mass is 10.3. The van der Waals surface area contributed by atoms with Crippen LogP contribution in [0.15, 0.2) is 18.6 Å². The van der Waals surface area contributed by atoms with Gasteiger partial charge in [-0.25, -0.2) is 14.6 Å². The Labute approximate surface area is 126 Å². The van der Waals surface area contributed by atoms with E-state index in [9.17, 15) is 18.0 Å². The second-order valence-electron chi connectivity index (χ2n) is 3.98. The van der Waals surface area contributed by atoms with E-state index in [-0.39, 0.29) is 23.2 Å². The summed E-state index contributed by atoms with van der Waals surface area (Å²) in [4.78, 5) is 18.8. The monoisotopic (exact) mass is 330 g/mol. The summed E-state index contributed by atoms with van der Waals surface area (Å²) >= 11 is 5.65. The largest absolute Gasteiger partial charge is 0.417 e. The van der Waals surface area contributed by atoms with Gasteiger partial charge in [0.15, 0.2) is 5.82 Å². The smallest absolute Gasteiger partial charge is 0.308 e. The minimum atomic E-state index is -4.58. The SMILES string of the molecule is N#Cc1ncn(CC(=O)Nc2ncc(C(F)(F)F)cc2Cl)n1. The molecule has 0 spiro atoms. The minimum absolute atomic E-state index is 0.113. The Kier molecular flexibility index (Phi) is 4.27. The zero-order chi connectivity index (χ0) is 16.3. The molecule has 0 saturated heterocycles. The quantitative estimate of drug-likeness (QED) is 0.926. The van der Waals surface area contributed by atoms with E-state index in [1.54, 1.807) is 6.07 Å². The first-order valence-corrected chi connectivity index (χ1v) is 5.99. The molecule has 0 saturated carbocycles. The van der Waals surface area contributed by atoms with Gasteiger partial charge in [-0.1, -0.05) is 11.6 Å². The normalized spacial score (nSPS) is 11.0. The van der Waals surface area contributed by atoms with Crippen LogP contribution in [0.4, 0.5) is 19.0 Å². The van der Waals surface area contributed by atoms with E-state index in [2.05, 4.69) is 20.4 Å². The Morgan fingerprint density at radius 2 is 2.18 bits per heavy atom. The van der Waals surface area contributed by atoms with Crippen molar-refractivity contribution in [3.05, 3.63) is 35.0 Å². The zero-order valence-corrected chi connectivity index (χ0v) is 11.4. The number of nitriles is 1. The van der Waals surface area contributed by atoms with Gasteiger partial charge < -0.3 is 5.32 Å². The third-order valence-corrected chi connectivity index (χ3v) is 2.66. The number of carbonyl (C=O) groups is 1. The Morgan fingerprint density at radius 1 is 1.45 bits per heavy atom. The van der Waals surface area contributed by atoms with Gasteiger partial charge in [0.2, 0.25) is 5.91 Å². The average molecular weight is 331 g/mol. The summed E-state index contributed by atoms with van der Waals surface area (Å²) in [5.41, 5.74) is -1.02. The van der Waals surface area contributed by atoms with Crippen LogP contribution < -0.4 is 5.32 Å². The van der Waals surface area contributed by atoms with Crippen molar-refractivity contribution >= 4 is 23.3 Å². The van der Waals surface area contributed by atoms with E-state index in [4.69, 9.17) is 16.9 Å². The second-order valence-corrected chi connectivity index (χ2v) is 4.39. The van der Waals surface area contributed by atoms with Crippen LogP contribution in [0.5, 0.6) is 0 Å². The van der Waals surface area contributed by atoms with Gasteiger partial charge in [0.1, 0.15) is 18.9 Å². The van der Waals surface area contributed by atoms with Crippen molar-refractivity contribution < 1.29 is 18.0 Å². The molecule has 0 bridgehead atoms. The van der Waals surface area contributed by atoms with Crippen LogP contribution in [-0.2, 0) is 17.5 Å². The average Bonchev–Trinajstić information content (AvgIpc) is 2.87. The highest BCUT2D eigenvalue weighted by Crippen LogP contribution is 2.32. The van der Waals surface area contributed by atoms with E-state index in [0.29, 0.717) is 12.3 Å². The standard InChI is InChI=1S/C11H6ClF3N6O/c12-7-1-6(11(13,14)15)3-17-10(7)19-9(22)4-21-5-18-8(2-16)20-21/h1,3,5H,4H2,(H,17,19,22). The number of pyridine rings is 1. The zero-order valence-electron chi connectivity index (χ0n) is 10.6. The van der Waals surface area contributed by atoms with Gasteiger partial charge >= 0.3 is 6.18 Å². The van der Waals surface area contributed by atoms with Crippen LogP contribution >= 0.6 is 11.6 Å². The molecule has 0 aromatic carbocycles. The van der Waals surface area contributed by atoms with Gasteiger partial charge in [0.25, 0.3) is 5.82 Å². The fourth-order valence-electron chi connectivity index (χ4n) is 1.43. The number of nitrogens with zero attached hydrogens (tertiary/aromatic N) is 5. The van der Waals surface area contributed by atoms with Gasteiger partial charge in [-0.15, -0.1) is 5.10 Å². The summed E-state index contributed by atoms with van der Waals surface area (Å²) in [6.07, 6.45) is -2.85. The predicted molar refractivity (Wildman–Crippen MR) is 67.6 cm³/mol. The van der Waals surface area contributed by atoms with E-state index < -0.39 is 17.6 Å². The van der Waals surface area contributed by atoms with Crippen molar-refractivity contribution in [3.8, 4) is 6.07 Å². The number of nitrogens with one attached hydrogen (secondary N) is 1. The highest BCUT2D eigenvalue weighted by atomic mass is 35.5. The summed E-state index contributed by atoms with van der Waals surface area (Å²) in [6, 6.07) is 2.35. The fourth-order valence-corrected chi connectivity index (χ4v) is 1.64. The first-order valence-electron chi connectivity index (χ1n) is 5.61. The number of carbonyl (C=O) groups excluding carboxylic acids is 1. The van der Waals surface area contributed by atoms with Crippen LogP contribution in [-0.4, -0.2) is 25.7 Å². The summed E-state index contributed by atoms with van der Waals surface area (Å²) in [7, 11) is 0. The molecule has 0 radical (unpaired) electrons. The summed E-state index contributed by atoms with van der Waals surface area (Å²) in [5.74, 6) is -0.956. The summed E-state index contributed by atoms with van der Waals surface area (Å²) in [6.45, 7) is -0.298. The van der Waals surface area contributed by atoms with Gasteiger partial charge in [-0.05, 0) is 6.07 Å². The molecule has 1 amide bonds. The van der Waals surface area contributed by atoms with E-state index in [1.807, 2.05) is 0 Å². The number of aromatic nitrogens is 4. The van der Waals surface area contributed by atoms with Crippen LogP contribution in [0.2, 0.25) is 5.02 Å². The molecule has 0 fully saturated rings. The molecule has 2 rings (SSSR count). The molecule has 0 aliphatic carbocycles. The third kappa shape index (κ3) is 3.70. The van der Waals surface area contributed by atoms with Gasteiger partial charge in [0, 0.05) is 6.20 Å². The van der Waals surface area contributed by atoms with Crippen molar-refractivity contribution in [2.24, 2.45) is 0 Å². The van der Waals surface area contributed by atoms with Gasteiger partial charge in [-0.2, -0.15) is 18.4 Å². The Balaban J connectivity index is 2.07. The van der Waals surface area contributed by atoms with Crippen molar-refractivity contribution in [3.63, 3.8) is 0 Å². The number of alkyl halides is 3. The Morgan fingerprint density at radius 3 is 2.73 bits per heavy atom. The molecular formula is C11H6ClF3N6O. The third-order valence-electron chi connectivity index (χ3n) is 2.37. The lowest BCUT2D eigenvalue weighted by Crippen LogP contribution is -2.20. The minimum Gasteiger partial charge on any atom is -0.308 e. The maximum Gasteiger partial charge on any atom is 0.417 e. The van der Waals surface area contributed by atoms with Crippen molar-refractivity contribution in [2.45, 2.75) is 12.7 Å². The number of anilines is 1. The number of amides is 1. The molecular weight excluding hydrogens is 325 g/mol. The topological polar surface area (TPSA) is 96.5 Å². The molecule has 11 heteroatoms. The number of rotatable bonds is 3. The maximum atomic E-state index is 12.5. The molecule has 0 unspecified atom stereocenters. The van der Waals surface area contributed by atoms with Gasteiger partial charge in [0.05, 0.1) is 10.6 Å².